The molecule has 8 bridgehead atoms. The number of ketones is 2. The maximum Gasteiger partial charge on any atom is 0.202 e. The van der Waals surface area contributed by atoms with Gasteiger partial charge in [0, 0.05) is 49.8 Å². The van der Waals surface area contributed by atoms with Crippen LogP contribution < -0.4 is 48.1 Å². The lowest BCUT2D eigenvalue weighted by Gasteiger charge is -2.56. The summed E-state index contributed by atoms with van der Waals surface area (Å²) in [5, 5.41) is 58.5. The molecule has 93 heavy (non-hydrogen) atoms. The molecule has 18 atom stereocenters. The molecule has 6 saturated carbocycles. The van der Waals surface area contributed by atoms with Gasteiger partial charge in [0.1, 0.15) is 5.78 Å². The number of guanidine groups is 1. The summed E-state index contributed by atoms with van der Waals surface area (Å²) in [6, 6.07) is 26.4. The summed E-state index contributed by atoms with van der Waals surface area (Å²) in [6.07, 6.45) is 25.7. The minimum atomic E-state index is -0.490. The average Bonchev–Trinajstić information content (AvgIpc) is 1.51. The zero-order valence-electron chi connectivity index (χ0n) is 54.8. The minimum absolute atomic E-state index is 0.0314. The Hall–Kier alpha value is -6.35. The Balaban J connectivity index is 0.860. The SMILES string of the molecule is CNCC1CC23C4CC5(CC6C7CCNCC7CC7C=CCNC76)CC(CCC52)CC(=O)CC(=O)C=C(CO)c2cc(OC)c(O)cc2CC2=CNC(N)C=C2C(Cc2cccc(CCc5ccccc5)c2)CC#CN=C(N)NC2CC(=C5CCCC(O)C5N4)C3C1C2. The third-order valence-corrected chi connectivity index (χ3v) is 25.1. The van der Waals surface area contributed by atoms with Gasteiger partial charge in [-0.05, 0) is 275 Å². The van der Waals surface area contributed by atoms with Gasteiger partial charge in [-0.15, -0.1) is 0 Å². The smallest absolute Gasteiger partial charge is 0.202 e. The van der Waals surface area contributed by atoms with Crippen molar-refractivity contribution in [2.45, 2.75) is 165 Å². The zero-order chi connectivity index (χ0) is 64.0. The highest BCUT2D eigenvalue weighted by atomic mass is 16.5. The number of rotatable bonds is 11. The highest BCUT2D eigenvalue weighted by molar-refractivity contribution is 6.08. The van der Waals surface area contributed by atoms with E-state index in [0.717, 1.165) is 126 Å². The number of piperidine rings is 1. The van der Waals surface area contributed by atoms with E-state index in [1.54, 1.807) is 17.7 Å². The molecule has 1 spiro atoms. The molecule has 13 aliphatic rings. The second-order valence-corrected chi connectivity index (χ2v) is 30.3. The summed E-state index contributed by atoms with van der Waals surface area (Å²) in [6.45, 7) is 3.46. The highest BCUT2D eigenvalue weighted by Gasteiger charge is 2.73. The third-order valence-electron chi connectivity index (χ3n) is 25.1. The van der Waals surface area contributed by atoms with Crippen LogP contribution in [0.3, 0.4) is 0 Å². The van der Waals surface area contributed by atoms with E-state index in [9.17, 15) is 24.9 Å². The van der Waals surface area contributed by atoms with Gasteiger partial charge in [-0.2, -0.15) is 4.99 Å². The van der Waals surface area contributed by atoms with E-state index < -0.39 is 18.9 Å². The van der Waals surface area contributed by atoms with Crippen LogP contribution in [0.25, 0.3) is 5.57 Å². The number of fused-ring (bicyclic) bond motifs is 3. The molecule has 494 valence electrons. The Morgan fingerprint density at radius 3 is 2.62 bits per heavy atom. The Morgan fingerprint density at radius 2 is 1.77 bits per heavy atom. The number of nitrogens with one attached hydrogen (secondary N) is 6. The molecule has 3 aromatic carbocycles. The lowest BCUT2D eigenvalue weighted by atomic mass is 9.50. The maximum atomic E-state index is 14.9. The van der Waals surface area contributed by atoms with E-state index in [0.29, 0.717) is 102 Å². The number of ether oxygens (including phenoxy) is 1. The van der Waals surface area contributed by atoms with Crippen LogP contribution >= 0.6 is 0 Å². The molecule has 15 nitrogen and oxygen atoms in total. The highest BCUT2D eigenvalue weighted by Crippen LogP contribution is 2.76. The first kappa shape index (κ1) is 64.0. The largest absolute Gasteiger partial charge is 0.504 e. The number of hydrogen-bond donors (Lipinski definition) is 11. The second kappa shape index (κ2) is 27.4. The van der Waals surface area contributed by atoms with Crippen LogP contribution in [0.15, 0.2) is 125 Å². The first-order valence-corrected chi connectivity index (χ1v) is 35.6. The molecular weight excluding hydrogens is 1160 g/mol. The van der Waals surface area contributed by atoms with Gasteiger partial charge in [0.05, 0.1) is 38.4 Å². The number of aromatic hydroxyl groups is 1. The van der Waals surface area contributed by atoms with Gasteiger partial charge in [0.15, 0.2) is 17.3 Å². The minimum Gasteiger partial charge on any atom is -0.504 e. The fraction of sp³-hybridized carbons (Fsp3) is 0.577. The van der Waals surface area contributed by atoms with Gasteiger partial charge in [0.25, 0.3) is 0 Å². The number of carbonyl (C=O) groups is 2. The number of Topliss-reactive ketones (excluding diaryl/α,β-unsaturated/α-hetero) is 1. The van der Waals surface area contributed by atoms with Crippen molar-refractivity contribution in [2.24, 2.45) is 86.5 Å². The molecule has 7 fully saturated rings. The lowest BCUT2D eigenvalue weighted by molar-refractivity contribution is -0.126. The quantitative estimate of drug-likeness (QED) is 0.0493. The number of aryl methyl sites for hydroxylation is 2. The van der Waals surface area contributed by atoms with E-state index in [4.69, 9.17) is 21.2 Å². The average molecular weight is 1260 g/mol. The lowest BCUT2D eigenvalue weighted by Crippen LogP contribution is -2.57. The van der Waals surface area contributed by atoms with Gasteiger partial charge >= 0.3 is 0 Å². The number of phenols is 1. The van der Waals surface area contributed by atoms with Crippen molar-refractivity contribution in [2.75, 3.05) is 46.9 Å². The van der Waals surface area contributed by atoms with Gasteiger partial charge in [-0.25, -0.2) is 0 Å². The van der Waals surface area contributed by atoms with E-state index in [-0.39, 0.29) is 70.3 Å². The number of nitrogens with zero attached hydrogens (tertiary/aromatic N) is 1. The first-order chi connectivity index (χ1) is 45.3. The number of methoxy groups -OCH3 is 1. The molecule has 1 saturated heterocycles. The summed E-state index contributed by atoms with van der Waals surface area (Å²) in [7, 11) is 3.61. The molecule has 3 aromatic rings. The molecule has 0 amide bonds. The molecule has 0 aromatic heterocycles. The van der Waals surface area contributed by atoms with Gasteiger partial charge < -0.3 is 63.4 Å². The summed E-state index contributed by atoms with van der Waals surface area (Å²) in [4.78, 5) is 34.4. The predicted molar refractivity (Wildman–Crippen MR) is 366 cm³/mol. The summed E-state index contributed by atoms with van der Waals surface area (Å²) >= 11 is 0. The molecule has 0 radical (unpaired) electrons. The number of aliphatic hydroxyl groups is 2. The van der Waals surface area contributed by atoms with Crippen LogP contribution in [-0.4, -0.2) is 116 Å². The Kier molecular flexibility index (Phi) is 18.9. The molecular formula is C78H101N9O6. The number of aliphatic hydroxyl groups excluding tert-OH is 2. The molecule has 13 N–H and O–H groups in total. The first-order valence-electron chi connectivity index (χ1n) is 35.6. The Labute approximate surface area is 551 Å². The standard InChI is InChI=1S/C78H101N9O6/c1-81-42-56-39-78-70-21-20-49-28-58(89)35-59(90)31-55(45-88)62-36-69(93-2)68(92)32-52(62)30-54-44-85-72(79)37-63(54)50(27-48-13-6-12-47(26-48)19-18-46-10-4-3-5-11-46)14-8-24-84-76(80)86-57-33-64(56)73(78)65(34-57)61-16-7-17-67(91)75(61)87-71(78)41-77(70,38-49)40-66-60-22-25-82-43-53(60)29-51-15-9-23-83-74(51)66/h3-6,9-13,15,26,31-32,36-37,44,49-51,53,56-57,60,64,66-67,70-75,81-83,85,87-88,91-92H,7,14,16-23,25,27-30,33-35,38-43,45,79H2,1-2H3,(H3,80,84,86). The number of aliphatic imine (C=N–C) groups is 1. The number of benzene rings is 3. The Morgan fingerprint density at radius 1 is 0.925 bits per heavy atom. The van der Waals surface area contributed by atoms with Crippen LogP contribution in [0.1, 0.15) is 131 Å². The number of nitrogens with two attached hydrogens (primary N) is 2. The van der Waals surface area contributed by atoms with Crippen LogP contribution in [0.2, 0.25) is 0 Å². The van der Waals surface area contributed by atoms with Crippen molar-refractivity contribution in [3.8, 4) is 23.5 Å². The van der Waals surface area contributed by atoms with Gasteiger partial charge in [-0.3, -0.25) is 9.59 Å². The Bertz CT molecular complexity index is 3550. The molecule has 15 heteroatoms. The molecule has 18 unspecified atom stereocenters. The van der Waals surface area contributed by atoms with Crippen LogP contribution in [-0.2, 0) is 35.3 Å². The number of carbonyl (C=O) groups excluding carboxylic acids is 2. The van der Waals surface area contributed by atoms with Crippen LogP contribution in [0.4, 0.5) is 0 Å². The van der Waals surface area contributed by atoms with Gasteiger partial charge in [0.2, 0.25) is 5.96 Å². The number of hydrogen-bond acceptors (Lipinski definition) is 15. The van der Waals surface area contributed by atoms with Crippen LogP contribution in [0.5, 0.6) is 11.5 Å². The fourth-order valence-electron chi connectivity index (χ4n) is 21.9. The topological polar surface area (TPSA) is 241 Å². The molecule has 6 aliphatic carbocycles. The van der Waals surface area contributed by atoms with Crippen molar-refractivity contribution in [1.82, 2.24) is 31.9 Å². The summed E-state index contributed by atoms with van der Waals surface area (Å²) in [5.74, 6) is 7.23. The van der Waals surface area contributed by atoms with E-state index in [2.05, 4.69) is 118 Å². The second-order valence-electron chi connectivity index (χ2n) is 30.3. The molecule has 7 heterocycles. The number of allylic oxidation sites excluding steroid dienone is 3. The van der Waals surface area contributed by atoms with Gasteiger partial charge in [-0.1, -0.05) is 83.8 Å². The summed E-state index contributed by atoms with van der Waals surface area (Å²) in [5.41, 5.74) is 23.9. The van der Waals surface area contributed by atoms with Crippen molar-refractivity contribution in [1.29, 1.82) is 0 Å². The van der Waals surface area contributed by atoms with Crippen molar-refractivity contribution in [3.05, 3.63) is 147 Å². The van der Waals surface area contributed by atoms with E-state index in [1.807, 2.05) is 12.3 Å². The van der Waals surface area contributed by atoms with Crippen molar-refractivity contribution < 1.29 is 29.6 Å². The predicted octanol–water partition coefficient (Wildman–Crippen LogP) is 8.24. The van der Waals surface area contributed by atoms with E-state index in [1.165, 1.54) is 42.7 Å². The monoisotopic (exact) mass is 1260 g/mol. The fourth-order valence-corrected chi connectivity index (χ4v) is 21.9. The molecule has 7 aliphatic heterocycles. The normalized spacial score (nSPS) is 36.6. The number of dihydropyridines is 1. The zero-order valence-corrected chi connectivity index (χ0v) is 54.8. The maximum absolute atomic E-state index is 14.9. The van der Waals surface area contributed by atoms with Crippen molar-refractivity contribution in [3.63, 3.8) is 0 Å². The van der Waals surface area contributed by atoms with Crippen molar-refractivity contribution >= 4 is 23.1 Å². The molecule has 16 rings (SSSR count). The van der Waals surface area contributed by atoms with E-state index >= 15 is 0 Å². The van der Waals surface area contributed by atoms with Crippen LogP contribution in [0, 0.1) is 82.0 Å². The third kappa shape index (κ3) is 12.8. The number of phenolic OH excluding ortho intramolecular Hbond substituents is 1. The summed E-state index contributed by atoms with van der Waals surface area (Å²) < 4.78 is 5.69.